The second-order valence-electron chi connectivity index (χ2n) is 6.95. The van der Waals surface area contributed by atoms with Gasteiger partial charge in [0.05, 0.1) is 4.92 Å². The van der Waals surface area contributed by atoms with Gasteiger partial charge in [-0.1, -0.05) is 0 Å². The predicted molar refractivity (Wildman–Crippen MR) is 90.5 cm³/mol. The van der Waals surface area contributed by atoms with E-state index in [0.29, 0.717) is 17.6 Å². The molecule has 1 aromatic carbocycles. The van der Waals surface area contributed by atoms with Gasteiger partial charge in [-0.2, -0.15) is 4.31 Å². The molecule has 0 amide bonds. The fraction of sp³-hybridized carbons (Fsp3) is 0.625. The van der Waals surface area contributed by atoms with E-state index in [9.17, 15) is 18.5 Å². The van der Waals surface area contributed by atoms with Crippen molar-refractivity contribution in [3.05, 3.63) is 33.4 Å². The van der Waals surface area contributed by atoms with E-state index in [1.807, 2.05) is 0 Å². The molecule has 7 nitrogen and oxygen atoms in total. The molecule has 0 aliphatic carbocycles. The highest BCUT2D eigenvalue weighted by Crippen LogP contribution is 2.34. The second-order valence-corrected chi connectivity index (χ2v) is 8.91. The van der Waals surface area contributed by atoms with Crippen molar-refractivity contribution in [1.29, 1.82) is 0 Å². The molecule has 2 saturated heterocycles. The van der Waals surface area contributed by atoms with Crippen molar-refractivity contribution in [2.45, 2.75) is 62.6 Å². The molecule has 0 aromatic heterocycles. The molecule has 0 saturated carbocycles. The standard InChI is InChI=1S/C16H23N3O4S/c1-10-6-15(19(20)21)16(7-11(10)2)24(22,23)18(3)14-8-12-4-5-13(9-14)17-12/h6-7,12-14,17H,4-5,8-9H2,1-3H3. The van der Waals surface area contributed by atoms with Gasteiger partial charge in [0.1, 0.15) is 0 Å². The van der Waals surface area contributed by atoms with Crippen molar-refractivity contribution in [1.82, 2.24) is 9.62 Å². The van der Waals surface area contributed by atoms with Gasteiger partial charge in [0.25, 0.3) is 5.69 Å². The van der Waals surface area contributed by atoms with Crippen LogP contribution < -0.4 is 5.32 Å². The van der Waals surface area contributed by atoms with E-state index in [1.54, 1.807) is 20.9 Å². The first-order valence-electron chi connectivity index (χ1n) is 8.20. The minimum Gasteiger partial charge on any atom is -0.311 e. The summed E-state index contributed by atoms with van der Waals surface area (Å²) >= 11 is 0. The summed E-state index contributed by atoms with van der Waals surface area (Å²) in [6, 6.07) is 3.36. The molecule has 2 heterocycles. The Kier molecular flexibility index (Phi) is 4.39. The highest BCUT2D eigenvalue weighted by atomic mass is 32.2. The van der Waals surface area contributed by atoms with E-state index in [1.165, 1.54) is 16.4 Å². The highest BCUT2D eigenvalue weighted by Gasteiger charge is 2.40. The number of fused-ring (bicyclic) bond motifs is 2. The molecule has 8 heteroatoms. The third-order valence-electron chi connectivity index (χ3n) is 5.39. The summed E-state index contributed by atoms with van der Waals surface area (Å²) < 4.78 is 27.5. The molecule has 1 N–H and O–H groups in total. The van der Waals surface area contributed by atoms with Gasteiger partial charge in [-0.15, -0.1) is 0 Å². The van der Waals surface area contributed by atoms with E-state index >= 15 is 0 Å². The molecule has 2 fully saturated rings. The molecule has 132 valence electrons. The summed E-state index contributed by atoms with van der Waals surface area (Å²) in [6.07, 6.45) is 3.65. The van der Waals surface area contributed by atoms with Crippen molar-refractivity contribution in [2.75, 3.05) is 7.05 Å². The van der Waals surface area contributed by atoms with Crippen LogP contribution in [0.5, 0.6) is 0 Å². The summed E-state index contributed by atoms with van der Waals surface area (Å²) in [4.78, 5) is 10.5. The lowest BCUT2D eigenvalue weighted by Crippen LogP contribution is -2.48. The Morgan fingerprint density at radius 1 is 1.17 bits per heavy atom. The molecular formula is C16H23N3O4S. The van der Waals surface area contributed by atoms with Gasteiger partial charge in [-0.25, -0.2) is 8.42 Å². The van der Waals surface area contributed by atoms with Crippen LogP contribution in [0.2, 0.25) is 0 Å². The number of hydrogen-bond donors (Lipinski definition) is 1. The van der Waals surface area contributed by atoms with Gasteiger partial charge >= 0.3 is 0 Å². The summed E-state index contributed by atoms with van der Waals surface area (Å²) in [5.41, 5.74) is 1.10. The lowest BCUT2D eigenvalue weighted by molar-refractivity contribution is -0.387. The van der Waals surface area contributed by atoms with Crippen molar-refractivity contribution < 1.29 is 13.3 Å². The molecule has 3 rings (SSSR count). The number of sulfonamides is 1. The Bertz CT molecular complexity index is 766. The third-order valence-corrected chi connectivity index (χ3v) is 7.33. The maximum Gasteiger partial charge on any atom is 0.289 e. The van der Waals surface area contributed by atoms with Crippen molar-refractivity contribution in [3.8, 4) is 0 Å². The van der Waals surface area contributed by atoms with Crippen LogP contribution >= 0.6 is 0 Å². The quantitative estimate of drug-likeness (QED) is 0.661. The van der Waals surface area contributed by atoms with E-state index in [-0.39, 0.29) is 16.6 Å². The average molecular weight is 353 g/mol. The molecule has 1 aromatic rings. The number of nitrogens with one attached hydrogen (secondary N) is 1. The molecule has 0 spiro atoms. The zero-order valence-corrected chi connectivity index (χ0v) is 15.0. The lowest BCUT2D eigenvalue weighted by atomic mass is 10.0. The predicted octanol–water partition coefficient (Wildman–Crippen LogP) is 2.12. The molecule has 24 heavy (non-hydrogen) atoms. The van der Waals surface area contributed by atoms with Gasteiger partial charge < -0.3 is 5.32 Å². The number of hydrogen-bond acceptors (Lipinski definition) is 5. The molecule has 2 aliphatic heterocycles. The number of nitro groups is 1. The fourth-order valence-corrected chi connectivity index (χ4v) is 5.40. The second kappa shape index (κ2) is 6.09. The Labute approximate surface area is 142 Å². The number of rotatable bonds is 4. The van der Waals surface area contributed by atoms with Crippen LogP contribution in [-0.4, -0.2) is 42.8 Å². The highest BCUT2D eigenvalue weighted by molar-refractivity contribution is 7.89. The number of benzene rings is 1. The topological polar surface area (TPSA) is 92.5 Å². The Morgan fingerprint density at radius 3 is 2.25 bits per heavy atom. The first-order valence-corrected chi connectivity index (χ1v) is 9.64. The first-order chi connectivity index (χ1) is 11.2. The number of nitrogens with zero attached hydrogens (tertiary/aromatic N) is 2. The minimum absolute atomic E-state index is 0.116. The van der Waals surface area contributed by atoms with Gasteiger partial charge in [0, 0.05) is 31.2 Å². The van der Waals surface area contributed by atoms with Gasteiger partial charge in [-0.05, 0) is 56.7 Å². The molecule has 0 radical (unpaired) electrons. The largest absolute Gasteiger partial charge is 0.311 e. The monoisotopic (exact) mass is 353 g/mol. The van der Waals surface area contributed by atoms with E-state index in [0.717, 1.165) is 31.2 Å². The maximum absolute atomic E-state index is 13.1. The van der Waals surface area contributed by atoms with Gasteiger partial charge in [0.2, 0.25) is 10.0 Å². The van der Waals surface area contributed by atoms with Crippen LogP contribution in [0, 0.1) is 24.0 Å². The summed E-state index contributed by atoms with van der Waals surface area (Å²) in [6.45, 7) is 3.51. The first kappa shape index (κ1) is 17.3. The summed E-state index contributed by atoms with van der Waals surface area (Å²) in [7, 11) is -2.36. The van der Waals surface area contributed by atoms with Crippen molar-refractivity contribution >= 4 is 15.7 Å². The van der Waals surface area contributed by atoms with E-state index in [4.69, 9.17) is 0 Å². The zero-order chi connectivity index (χ0) is 17.6. The molecule has 2 aliphatic rings. The minimum atomic E-state index is -3.91. The average Bonchev–Trinajstić information content (AvgIpc) is 2.86. The fourth-order valence-electron chi connectivity index (χ4n) is 3.80. The Hall–Kier alpha value is -1.51. The summed E-state index contributed by atoms with van der Waals surface area (Å²) in [5, 5.41) is 14.8. The van der Waals surface area contributed by atoms with Gasteiger partial charge in [-0.3, -0.25) is 10.1 Å². The molecule has 2 unspecified atom stereocenters. The lowest BCUT2D eigenvalue weighted by Gasteiger charge is -2.34. The third kappa shape index (κ3) is 2.94. The SMILES string of the molecule is Cc1cc([N+](=O)[O-])c(S(=O)(=O)N(C)C2CC3CCC(C2)N3)cc1C. The van der Waals surface area contributed by atoms with E-state index in [2.05, 4.69) is 5.32 Å². The maximum atomic E-state index is 13.1. The van der Waals surface area contributed by atoms with Crippen LogP contribution in [-0.2, 0) is 10.0 Å². The normalized spacial score (nSPS) is 26.8. The van der Waals surface area contributed by atoms with Crippen LogP contribution in [0.1, 0.15) is 36.8 Å². The number of piperidine rings is 1. The van der Waals surface area contributed by atoms with Crippen molar-refractivity contribution in [2.24, 2.45) is 0 Å². The van der Waals surface area contributed by atoms with Crippen LogP contribution in [0.15, 0.2) is 17.0 Å². The zero-order valence-electron chi connectivity index (χ0n) is 14.2. The van der Waals surface area contributed by atoms with Crippen LogP contribution in [0.3, 0.4) is 0 Å². The van der Waals surface area contributed by atoms with Gasteiger partial charge in [0.15, 0.2) is 4.90 Å². The van der Waals surface area contributed by atoms with Crippen molar-refractivity contribution in [3.63, 3.8) is 0 Å². The Balaban J connectivity index is 1.98. The number of nitro benzene ring substituents is 1. The summed E-state index contributed by atoms with van der Waals surface area (Å²) in [5.74, 6) is 0. The van der Waals surface area contributed by atoms with Crippen LogP contribution in [0.4, 0.5) is 5.69 Å². The molecular weight excluding hydrogens is 330 g/mol. The number of aryl methyl sites for hydroxylation is 2. The molecule has 2 bridgehead atoms. The van der Waals surface area contributed by atoms with E-state index < -0.39 is 14.9 Å². The molecule has 2 atom stereocenters. The van der Waals surface area contributed by atoms with Crippen LogP contribution in [0.25, 0.3) is 0 Å². The Morgan fingerprint density at radius 2 is 1.71 bits per heavy atom. The smallest absolute Gasteiger partial charge is 0.289 e.